The first kappa shape index (κ1) is 23.8. The number of ether oxygens (including phenoxy) is 1. The molecule has 0 aliphatic carbocycles. The Morgan fingerprint density at radius 3 is 2.71 bits per heavy atom. The number of rotatable bonds is 9. The lowest BCUT2D eigenvalue weighted by molar-refractivity contribution is -0.123. The van der Waals surface area contributed by atoms with Crippen LogP contribution < -0.4 is 21.1 Å². The summed E-state index contributed by atoms with van der Waals surface area (Å²) in [5.41, 5.74) is 11.0. The number of hydrogen-bond donors (Lipinski definition) is 4. The van der Waals surface area contributed by atoms with E-state index in [0.29, 0.717) is 28.5 Å². The summed E-state index contributed by atoms with van der Waals surface area (Å²) in [6.07, 6.45) is 2.62. The van der Waals surface area contributed by atoms with E-state index >= 15 is 0 Å². The predicted octanol–water partition coefficient (Wildman–Crippen LogP) is 4.35. The van der Waals surface area contributed by atoms with Crippen LogP contribution in [0.3, 0.4) is 0 Å². The molecular weight excluding hydrogens is 462 g/mol. The fourth-order valence-corrected chi connectivity index (χ4v) is 3.98. The van der Waals surface area contributed by atoms with Crippen LogP contribution >= 0.6 is 11.3 Å². The molecule has 178 valence electrons. The van der Waals surface area contributed by atoms with Crippen LogP contribution in [-0.4, -0.2) is 39.7 Å². The number of hydrogen-bond acceptors (Lipinski definition) is 9. The fourth-order valence-electron chi connectivity index (χ4n) is 3.33. The number of benzene rings is 2. The molecule has 4 aromatic rings. The largest absolute Gasteiger partial charge is 0.484 e. The smallest absolute Gasteiger partial charge is 0.258 e. The molecular formula is C25H25N7O2S. The highest BCUT2D eigenvalue weighted by atomic mass is 32.1. The first-order valence-corrected chi connectivity index (χ1v) is 11.8. The van der Waals surface area contributed by atoms with Crippen LogP contribution in [0.25, 0.3) is 27.3 Å². The van der Waals surface area contributed by atoms with Crippen molar-refractivity contribution in [2.75, 3.05) is 11.9 Å². The second-order valence-corrected chi connectivity index (χ2v) is 8.74. The molecule has 2 aromatic heterocycles. The van der Waals surface area contributed by atoms with E-state index in [1.54, 1.807) is 11.6 Å². The van der Waals surface area contributed by atoms with Crippen LogP contribution in [0, 0.1) is 5.41 Å². The van der Waals surface area contributed by atoms with E-state index in [1.807, 2.05) is 56.3 Å². The average Bonchev–Trinajstić information content (AvgIpc) is 3.33. The Kier molecular flexibility index (Phi) is 7.32. The molecule has 10 heteroatoms. The highest BCUT2D eigenvalue weighted by Crippen LogP contribution is 2.30. The third-order valence-electron chi connectivity index (χ3n) is 4.93. The second-order valence-electron chi connectivity index (χ2n) is 7.91. The van der Waals surface area contributed by atoms with Crippen molar-refractivity contribution in [3.8, 4) is 17.1 Å². The number of fused-ring (bicyclic) bond motifs is 1. The Bertz CT molecular complexity index is 1380. The molecule has 0 atom stereocenters. The fraction of sp³-hybridized carbons (Fsp3) is 0.160. The molecule has 0 bridgehead atoms. The summed E-state index contributed by atoms with van der Waals surface area (Å²) in [5.74, 6) is 1.45. The van der Waals surface area contributed by atoms with E-state index < -0.39 is 0 Å². The lowest BCUT2D eigenvalue weighted by Gasteiger charge is -2.11. The van der Waals surface area contributed by atoms with Gasteiger partial charge < -0.3 is 26.5 Å². The van der Waals surface area contributed by atoms with Crippen LogP contribution in [0.5, 0.6) is 5.75 Å². The summed E-state index contributed by atoms with van der Waals surface area (Å²) in [6.45, 7) is 3.73. The molecule has 0 fully saturated rings. The number of anilines is 2. The summed E-state index contributed by atoms with van der Waals surface area (Å²) in [7, 11) is 0. The number of aromatic nitrogens is 3. The van der Waals surface area contributed by atoms with Gasteiger partial charge in [0.15, 0.2) is 18.2 Å². The Labute approximate surface area is 206 Å². The highest BCUT2D eigenvalue weighted by Gasteiger charge is 2.13. The molecule has 9 nitrogen and oxygen atoms in total. The maximum Gasteiger partial charge on any atom is 0.258 e. The number of allylic oxidation sites excluding steroid dienone is 1. The lowest BCUT2D eigenvalue weighted by atomic mass is 10.1. The summed E-state index contributed by atoms with van der Waals surface area (Å²) >= 11 is 1.42. The quantitative estimate of drug-likeness (QED) is 0.257. The topological polar surface area (TPSA) is 139 Å². The van der Waals surface area contributed by atoms with Gasteiger partial charge in [0.1, 0.15) is 16.1 Å². The standard InChI is InChI=1S/C25H25N7O2S/c1-15(2)29-21(33)13-34-20-5-3-4-17(10-20)23-31-24(22-25(32-23)35-14-28-22)30-19-8-6-16(7-9-19)18(11-26)12-27/h3-12,14-15,26H,13,27H2,1-2H3,(H,29,33)(H,30,31,32)/b18-12+,26-11?. The molecule has 2 aromatic carbocycles. The zero-order valence-corrected chi connectivity index (χ0v) is 20.1. The van der Waals surface area contributed by atoms with Crippen LogP contribution in [-0.2, 0) is 4.79 Å². The van der Waals surface area contributed by atoms with Crippen molar-refractivity contribution in [2.45, 2.75) is 19.9 Å². The number of amides is 1. The molecule has 2 heterocycles. The van der Waals surface area contributed by atoms with Crippen molar-refractivity contribution < 1.29 is 9.53 Å². The van der Waals surface area contributed by atoms with Gasteiger partial charge in [-0.2, -0.15) is 0 Å². The number of nitrogens with one attached hydrogen (secondary N) is 3. The van der Waals surface area contributed by atoms with Gasteiger partial charge in [-0.15, -0.1) is 11.3 Å². The normalized spacial score (nSPS) is 11.5. The number of carbonyl (C=O) groups excluding carboxylic acids is 1. The van der Waals surface area contributed by atoms with Crippen molar-refractivity contribution in [3.05, 3.63) is 65.8 Å². The Morgan fingerprint density at radius 2 is 2.00 bits per heavy atom. The van der Waals surface area contributed by atoms with E-state index in [4.69, 9.17) is 20.9 Å². The van der Waals surface area contributed by atoms with Gasteiger partial charge in [0.2, 0.25) is 0 Å². The first-order valence-electron chi connectivity index (χ1n) is 10.9. The molecule has 0 unspecified atom stereocenters. The zero-order chi connectivity index (χ0) is 24.8. The summed E-state index contributed by atoms with van der Waals surface area (Å²) in [6, 6.07) is 14.9. The minimum absolute atomic E-state index is 0.0503. The van der Waals surface area contributed by atoms with Gasteiger partial charge in [-0.05, 0) is 43.7 Å². The molecule has 0 saturated carbocycles. The monoisotopic (exact) mass is 487 g/mol. The van der Waals surface area contributed by atoms with Gasteiger partial charge in [-0.1, -0.05) is 24.3 Å². The van der Waals surface area contributed by atoms with E-state index in [9.17, 15) is 4.79 Å². The molecule has 5 N–H and O–H groups in total. The Balaban J connectivity index is 1.59. The molecule has 0 aliphatic heterocycles. The minimum atomic E-state index is -0.181. The molecule has 0 aliphatic rings. The van der Waals surface area contributed by atoms with E-state index in [2.05, 4.69) is 20.6 Å². The van der Waals surface area contributed by atoms with Crippen molar-refractivity contribution in [1.29, 1.82) is 5.41 Å². The predicted molar refractivity (Wildman–Crippen MR) is 140 cm³/mol. The van der Waals surface area contributed by atoms with Gasteiger partial charge in [0, 0.05) is 35.3 Å². The van der Waals surface area contributed by atoms with E-state index in [-0.39, 0.29) is 18.6 Å². The van der Waals surface area contributed by atoms with Crippen LogP contribution in [0.1, 0.15) is 19.4 Å². The van der Waals surface area contributed by atoms with Crippen LogP contribution in [0.2, 0.25) is 0 Å². The van der Waals surface area contributed by atoms with Gasteiger partial charge in [0.25, 0.3) is 5.91 Å². The first-order chi connectivity index (χ1) is 17.0. The third-order valence-corrected chi connectivity index (χ3v) is 5.64. The molecule has 35 heavy (non-hydrogen) atoms. The number of carbonyl (C=O) groups is 1. The average molecular weight is 488 g/mol. The van der Waals surface area contributed by atoms with Crippen LogP contribution in [0.15, 0.2) is 60.2 Å². The van der Waals surface area contributed by atoms with Gasteiger partial charge in [0.05, 0.1) is 5.51 Å². The van der Waals surface area contributed by atoms with Gasteiger partial charge in [-0.3, -0.25) is 4.79 Å². The zero-order valence-electron chi connectivity index (χ0n) is 19.3. The third kappa shape index (κ3) is 5.79. The SMILES string of the molecule is CC(C)NC(=O)COc1cccc(-c2nc(Nc3ccc(/C(C=N)=C/N)cc3)c3ncsc3n2)c1. The summed E-state index contributed by atoms with van der Waals surface area (Å²) < 4.78 is 5.66. The molecule has 0 spiro atoms. The highest BCUT2D eigenvalue weighted by molar-refractivity contribution is 7.16. The Morgan fingerprint density at radius 1 is 1.20 bits per heavy atom. The molecule has 0 radical (unpaired) electrons. The maximum atomic E-state index is 11.9. The number of nitrogens with zero attached hydrogens (tertiary/aromatic N) is 3. The molecule has 1 amide bonds. The summed E-state index contributed by atoms with van der Waals surface area (Å²) in [5, 5.41) is 13.6. The second kappa shape index (κ2) is 10.7. The lowest BCUT2D eigenvalue weighted by Crippen LogP contribution is -2.34. The Hall–Kier alpha value is -4.31. The minimum Gasteiger partial charge on any atom is -0.484 e. The van der Waals surface area contributed by atoms with Crippen LogP contribution in [0.4, 0.5) is 11.5 Å². The number of nitrogens with two attached hydrogens (primary N) is 1. The van der Waals surface area contributed by atoms with Crippen molar-refractivity contribution in [3.63, 3.8) is 0 Å². The molecule has 4 rings (SSSR count). The van der Waals surface area contributed by atoms with Gasteiger partial charge >= 0.3 is 0 Å². The van der Waals surface area contributed by atoms with Gasteiger partial charge in [-0.25, -0.2) is 15.0 Å². The summed E-state index contributed by atoms with van der Waals surface area (Å²) in [4.78, 5) is 26.5. The van der Waals surface area contributed by atoms with Crippen molar-refractivity contribution in [1.82, 2.24) is 20.3 Å². The van der Waals surface area contributed by atoms with Crippen molar-refractivity contribution >= 4 is 50.9 Å². The molecule has 0 saturated heterocycles. The number of thiazole rings is 1. The maximum absolute atomic E-state index is 11.9. The van der Waals surface area contributed by atoms with E-state index in [1.165, 1.54) is 23.8 Å². The van der Waals surface area contributed by atoms with Crippen molar-refractivity contribution in [2.24, 2.45) is 5.73 Å². The van der Waals surface area contributed by atoms with E-state index in [0.717, 1.165) is 21.6 Å².